The molecule has 0 aliphatic rings. The number of halogens is 1. The first-order chi connectivity index (χ1) is 20.0. The van der Waals surface area contributed by atoms with E-state index in [1.807, 2.05) is 74.5 Å². The summed E-state index contributed by atoms with van der Waals surface area (Å²) in [6.07, 6.45) is 0.0662. The van der Waals surface area contributed by atoms with Crippen LogP contribution < -0.4 is 27.0 Å². The Morgan fingerprint density at radius 3 is 1.95 bits per heavy atom. The van der Waals surface area contributed by atoms with E-state index in [1.54, 1.807) is 0 Å². The van der Waals surface area contributed by atoms with E-state index in [4.69, 9.17) is 10.5 Å². The summed E-state index contributed by atoms with van der Waals surface area (Å²) in [5.74, 6) is -1.72. The van der Waals surface area contributed by atoms with Crippen LogP contribution >= 0.6 is 12.4 Å². The molecule has 0 saturated heterocycles. The first-order valence-electron chi connectivity index (χ1n) is 13.9. The van der Waals surface area contributed by atoms with Gasteiger partial charge < -0.3 is 36.6 Å². The molecule has 12 nitrogen and oxygen atoms in total. The Morgan fingerprint density at radius 1 is 0.814 bits per heavy atom. The Labute approximate surface area is 258 Å². The molecule has 2 aromatic rings. The summed E-state index contributed by atoms with van der Waals surface area (Å²) in [4.78, 5) is 63.0. The van der Waals surface area contributed by atoms with Crippen molar-refractivity contribution in [3.8, 4) is 0 Å². The molecule has 0 aliphatic carbocycles. The van der Waals surface area contributed by atoms with Gasteiger partial charge in [-0.25, -0.2) is 4.79 Å². The molecule has 0 aromatic heterocycles. The van der Waals surface area contributed by atoms with E-state index in [2.05, 4.69) is 21.3 Å². The number of hydrogen-bond donors (Lipinski definition) is 5. The lowest BCUT2D eigenvalue weighted by molar-refractivity contribution is -0.131. The molecule has 0 fully saturated rings. The Balaban J connectivity index is 0.00000924. The smallest absolute Gasteiger partial charge is 0.410 e. The number of nitrogens with two attached hydrogens (primary N) is 1. The number of likely N-dealkylation sites (N-methyl/N-ethyl adjacent to an activating group) is 1. The number of ether oxygens (including phenoxy) is 1. The lowest BCUT2D eigenvalue weighted by Crippen LogP contribution is -2.53. The lowest BCUT2D eigenvalue weighted by Gasteiger charge is -2.22. The van der Waals surface area contributed by atoms with Gasteiger partial charge in [0, 0.05) is 20.1 Å². The van der Waals surface area contributed by atoms with Crippen molar-refractivity contribution in [2.45, 2.75) is 45.4 Å². The van der Waals surface area contributed by atoms with Crippen molar-refractivity contribution in [3.63, 3.8) is 0 Å². The van der Waals surface area contributed by atoms with Crippen LogP contribution in [0.5, 0.6) is 0 Å². The van der Waals surface area contributed by atoms with Gasteiger partial charge in [-0.1, -0.05) is 74.5 Å². The molecule has 13 heteroatoms. The van der Waals surface area contributed by atoms with E-state index >= 15 is 0 Å². The third-order valence-electron chi connectivity index (χ3n) is 6.07. The van der Waals surface area contributed by atoms with Crippen molar-refractivity contribution in [1.82, 2.24) is 26.2 Å². The van der Waals surface area contributed by atoms with Crippen molar-refractivity contribution >= 4 is 42.1 Å². The molecular weight excluding hydrogens is 576 g/mol. The van der Waals surface area contributed by atoms with Gasteiger partial charge in [0.05, 0.1) is 12.6 Å². The molecule has 5 amide bonds. The van der Waals surface area contributed by atoms with Gasteiger partial charge in [0.25, 0.3) is 0 Å². The highest BCUT2D eigenvalue weighted by molar-refractivity contribution is 5.92. The predicted molar refractivity (Wildman–Crippen MR) is 165 cm³/mol. The number of carbonyl (C=O) groups excluding carboxylic acids is 5. The summed E-state index contributed by atoms with van der Waals surface area (Å²) < 4.78 is 5.17. The number of benzene rings is 2. The minimum atomic E-state index is -0.845. The summed E-state index contributed by atoms with van der Waals surface area (Å²) >= 11 is 0. The monoisotopic (exact) mass is 618 g/mol. The average molecular weight is 619 g/mol. The van der Waals surface area contributed by atoms with Crippen LogP contribution in [0.15, 0.2) is 60.7 Å². The van der Waals surface area contributed by atoms with E-state index in [9.17, 15) is 24.0 Å². The minimum absolute atomic E-state index is 0. The van der Waals surface area contributed by atoms with Gasteiger partial charge >= 0.3 is 6.09 Å². The molecule has 2 rings (SSSR count). The quantitative estimate of drug-likeness (QED) is 0.175. The number of carbonyl (C=O) groups is 5. The predicted octanol–water partition coefficient (Wildman–Crippen LogP) is 1.13. The number of nitrogens with one attached hydrogen (secondary N) is 4. The zero-order valence-electron chi connectivity index (χ0n) is 24.8. The largest absolute Gasteiger partial charge is 0.445 e. The molecule has 6 N–H and O–H groups in total. The summed E-state index contributed by atoms with van der Waals surface area (Å²) in [6.45, 7) is 3.66. The van der Waals surface area contributed by atoms with Crippen LogP contribution in [-0.2, 0) is 36.9 Å². The Bertz CT molecular complexity index is 1170. The van der Waals surface area contributed by atoms with Crippen molar-refractivity contribution in [3.05, 3.63) is 71.8 Å². The molecule has 0 aliphatic heterocycles. The van der Waals surface area contributed by atoms with Crippen LogP contribution in [0.3, 0.4) is 0 Å². The van der Waals surface area contributed by atoms with E-state index in [-0.39, 0.29) is 51.1 Å². The third-order valence-corrected chi connectivity index (χ3v) is 6.07. The topological polar surface area (TPSA) is 172 Å². The van der Waals surface area contributed by atoms with E-state index in [1.165, 1.54) is 7.05 Å². The standard InChI is InChI=1S/C30H42N6O6.ClH/c1-21(2)16-25(35-28(39)24(31)17-22-10-6-4-7-11-22)29(40)34-18-26(37)32-14-15-33-27(38)19-36(3)30(41)42-20-23-12-8-5-9-13-23;/h4-13,21,24-25H,14-20,31H2,1-3H3,(H,32,37)(H,33,38)(H,34,40)(H,35,39);1H. The van der Waals surface area contributed by atoms with Gasteiger partial charge in [0.1, 0.15) is 19.2 Å². The highest BCUT2D eigenvalue weighted by atomic mass is 35.5. The van der Waals surface area contributed by atoms with E-state index in [0.29, 0.717) is 12.8 Å². The van der Waals surface area contributed by atoms with Gasteiger partial charge in [0.2, 0.25) is 23.6 Å². The van der Waals surface area contributed by atoms with Crippen molar-refractivity contribution in [2.24, 2.45) is 11.7 Å². The highest BCUT2D eigenvalue weighted by Gasteiger charge is 2.25. The first kappa shape index (κ1) is 36.9. The molecule has 43 heavy (non-hydrogen) atoms. The zero-order chi connectivity index (χ0) is 30.9. The fourth-order valence-electron chi connectivity index (χ4n) is 3.86. The van der Waals surface area contributed by atoms with Crippen LogP contribution in [0.25, 0.3) is 0 Å². The van der Waals surface area contributed by atoms with Crippen molar-refractivity contribution in [1.29, 1.82) is 0 Å². The normalized spacial score (nSPS) is 11.7. The molecule has 0 radical (unpaired) electrons. The molecule has 0 heterocycles. The number of nitrogens with zero attached hydrogens (tertiary/aromatic N) is 1. The van der Waals surface area contributed by atoms with Gasteiger partial charge in [-0.05, 0) is 29.9 Å². The molecule has 2 atom stereocenters. The fraction of sp³-hybridized carbons (Fsp3) is 0.433. The van der Waals surface area contributed by atoms with Gasteiger partial charge in [-0.3, -0.25) is 19.2 Å². The first-order valence-corrected chi connectivity index (χ1v) is 13.9. The van der Waals surface area contributed by atoms with Crippen LogP contribution in [-0.4, -0.2) is 79.9 Å². The Kier molecular flexibility index (Phi) is 17.0. The SMILES string of the molecule is CC(C)CC(NC(=O)C(N)Cc1ccccc1)C(=O)NCC(=O)NCCNC(=O)CN(C)C(=O)OCc1ccccc1.Cl. The maximum absolute atomic E-state index is 12.8. The van der Waals surface area contributed by atoms with Gasteiger partial charge in [-0.15, -0.1) is 12.4 Å². The number of hydrogen-bond acceptors (Lipinski definition) is 7. The Hall–Kier alpha value is -4.16. The number of rotatable bonds is 16. The summed E-state index contributed by atoms with van der Waals surface area (Å²) in [5.41, 5.74) is 7.79. The number of amides is 5. The van der Waals surface area contributed by atoms with E-state index in [0.717, 1.165) is 16.0 Å². The molecule has 0 bridgehead atoms. The second kappa shape index (κ2) is 19.9. The van der Waals surface area contributed by atoms with Crippen molar-refractivity contribution < 1.29 is 28.7 Å². The average Bonchev–Trinajstić information content (AvgIpc) is 2.97. The minimum Gasteiger partial charge on any atom is -0.445 e. The molecule has 0 saturated carbocycles. The van der Waals surface area contributed by atoms with Crippen LogP contribution in [0.4, 0.5) is 4.79 Å². The van der Waals surface area contributed by atoms with Crippen LogP contribution in [0.2, 0.25) is 0 Å². The lowest BCUT2D eigenvalue weighted by atomic mass is 10.0. The second-order valence-corrected chi connectivity index (χ2v) is 10.3. The fourth-order valence-corrected chi connectivity index (χ4v) is 3.86. The summed E-state index contributed by atoms with van der Waals surface area (Å²) in [5, 5.41) is 10.4. The second-order valence-electron chi connectivity index (χ2n) is 10.3. The summed E-state index contributed by atoms with van der Waals surface area (Å²) in [6, 6.07) is 16.8. The molecule has 236 valence electrons. The summed E-state index contributed by atoms with van der Waals surface area (Å²) in [7, 11) is 1.45. The third kappa shape index (κ3) is 15.0. The van der Waals surface area contributed by atoms with Crippen LogP contribution in [0, 0.1) is 5.92 Å². The van der Waals surface area contributed by atoms with E-state index < -0.39 is 41.8 Å². The molecular formula is C30H43ClN6O6. The van der Waals surface area contributed by atoms with Gasteiger partial charge in [-0.2, -0.15) is 0 Å². The van der Waals surface area contributed by atoms with Gasteiger partial charge in [0.15, 0.2) is 0 Å². The van der Waals surface area contributed by atoms with Crippen molar-refractivity contribution in [2.75, 3.05) is 33.2 Å². The zero-order valence-corrected chi connectivity index (χ0v) is 25.7. The molecule has 2 aromatic carbocycles. The maximum Gasteiger partial charge on any atom is 0.410 e. The molecule has 0 spiro atoms. The Morgan fingerprint density at radius 2 is 1.37 bits per heavy atom. The molecule has 2 unspecified atom stereocenters. The van der Waals surface area contributed by atoms with Crippen LogP contribution in [0.1, 0.15) is 31.4 Å². The maximum atomic E-state index is 12.8. The highest BCUT2D eigenvalue weighted by Crippen LogP contribution is 2.07.